The van der Waals surface area contributed by atoms with Gasteiger partial charge in [0.2, 0.25) is 0 Å². The molecular weight excluding hydrogens is 511 g/mol. The number of anilines is 1. The van der Waals surface area contributed by atoms with Gasteiger partial charge in [-0.1, -0.05) is 44.2 Å². The van der Waals surface area contributed by atoms with Crippen molar-refractivity contribution in [1.82, 2.24) is 20.5 Å². The molecule has 0 atom stereocenters. The van der Waals surface area contributed by atoms with Gasteiger partial charge in [-0.15, -0.1) is 24.0 Å². The minimum absolute atomic E-state index is 0. The van der Waals surface area contributed by atoms with Crippen molar-refractivity contribution in [3.05, 3.63) is 59.8 Å². The maximum Gasteiger partial charge on any atom is 0.191 e. The van der Waals surface area contributed by atoms with Crippen molar-refractivity contribution in [2.75, 3.05) is 51.7 Å². The molecule has 3 rings (SSSR count). The summed E-state index contributed by atoms with van der Waals surface area (Å²) in [5.41, 5.74) is 2.70. The Balaban J connectivity index is 0.00000363. The molecule has 2 aromatic rings. The van der Waals surface area contributed by atoms with Gasteiger partial charge in [-0.25, -0.2) is 4.98 Å². The summed E-state index contributed by atoms with van der Waals surface area (Å²) in [6.45, 7) is 10.3. The van der Waals surface area contributed by atoms with Crippen molar-refractivity contribution in [3.63, 3.8) is 0 Å². The average molecular weight is 551 g/mol. The van der Waals surface area contributed by atoms with E-state index < -0.39 is 0 Å². The Morgan fingerprint density at radius 3 is 2.34 bits per heavy atom. The summed E-state index contributed by atoms with van der Waals surface area (Å²) in [4.78, 5) is 13.8. The minimum Gasteiger partial charge on any atom is -0.356 e. The fourth-order valence-corrected chi connectivity index (χ4v) is 4.24. The highest BCUT2D eigenvalue weighted by Gasteiger charge is 2.28. The van der Waals surface area contributed by atoms with Crippen molar-refractivity contribution >= 4 is 35.8 Å². The maximum atomic E-state index is 4.59. The molecule has 1 fully saturated rings. The van der Waals surface area contributed by atoms with Crippen molar-refractivity contribution in [2.45, 2.75) is 38.6 Å². The number of piperazine rings is 1. The summed E-state index contributed by atoms with van der Waals surface area (Å²) in [6.07, 6.45) is 4.07. The van der Waals surface area contributed by atoms with Gasteiger partial charge < -0.3 is 20.4 Å². The van der Waals surface area contributed by atoms with Crippen molar-refractivity contribution < 1.29 is 0 Å². The van der Waals surface area contributed by atoms with Gasteiger partial charge in [0.05, 0.1) is 0 Å². The Bertz CT molecular complexity index is 829. The van der Waals surface area contributed by atoms with Crippen LogP contribution in [0.5, 0.6) is 0 Å². The number of pyridine rings is 1. The molecule has 2 N–H and O–H groups in total. The number of benzene rings is 1. The zero-order chi connectivity index (χ0) is 22.1. The first-order valence-corrected chi connectivity index (χ1v) is 11.5. The average Bonchev–Trinajstić information content (AvgIpc) is 2.83. The number of aliphatic imine (C=N–C) groups is 1. The molecule has 0 aliphatic carbocycles. The lowest BCUT2D eigenvalue weighted by atomic mass is 9.76. The molecule has 0 unspecified atom stereocenters. The first-order chi connectivity index (χ1) is 15.1. The van der Waals surface area contributed by atoms with E-state index in [1.165, 1.54) is 11.1 Å². The lowest BCUT2D eigenvalue weighted by Gasteiger charge is -2.33. The maximum absolute atomic E-state index is 4.59. The van der Waals surface area contributed by atoms with E-state index in [2.05, 4.69) is 93.8 Å². The first kappa shape index (κ1) is 26.4. The number of aromatic nitrogens is 1. The second-order valence-corrected chi connectivity index (χ2v) is 8.45. The highest BCUT2D eigenvalue weighted by Crippen LogP contribution is 2.30. The molecule has 7 heteroatoms. The standard InChI is InChI=1S/C25H38N6.HI/c1-5-25(6-2,22-10-8-7-9-11-22)20-29-24(26-3)28-19-21-12-13-27-23(18-21)31-16-14-30(4)15-17-31;/h7-13,18H,5-6,14-17,19-20H2,1-4H3,(H2,26,28,29);1H. The molecule has 2 heterocycles. The van der Waals surface area contributed by atoms with Gasteiger partial charge >= 0.3 is 0 Å². The highest BCUT2D eigenvalue weighted by atomic mass is 127. The number of guanidine groups is 1. The molecule has 1 saturated heterocycles. The van der Waals surface area contributed by atoms with E-state index in [1.807, 2.05) is 13.2 Å². The molecule has 1 aliphatic rings. The summed E-state index contributed by atoms with van der Waals surface area (Å²) in [6, 6.07) is 15.1. The predicted octanol–water partition coefficient (Wildman–Crippen LogP) is 3.87. The lowest BCUT2D eigenvalue weighted by Crippen LogP contribution is -2.45. The van der Waals surface area contributed by atoms with Gasteiger partial charge in [0.25, 0.3) is 0 Å². The zero-order valence-corrected chi connectivity index (χ0v) is 22.3. The molecule has 0 bridgehead atoms. The van der Waals surface area contributed by atoms with Crippen molar-refractivity contribution in [2.24, 2.45) is 4.99 Å². The Morgan fingerprint density at radius 2 is 1.72 bits per heavy atom. The van der Waals surface area contributed by atoms with Crippen LogP contribution < -0.4 is 15.5 Å². The van der Waals surface area contributed by atoms with Crippen LogP contribution >= 0.6 is 24.0 Å². The molecule has 1 aromatic carbocycles. The van der Waals surface area contributed by atoms with Crippen LogP contribution in [0.4, 0.5) is 5.82 Å². The molecule has 176 valence electrons. The minimum atomic E-state index is 0. The van der Waals surface area contributed by atoms with Crippen LogP contribution in [0.3, 0.4) is 0 Å². The third kappa shape index (κ3) is 6.81. The van der Waals surface area contributed by atoms with Crippen LogP contribution in [0.1, 0.15) is 37.8 Å². The number of halogens is 1. The van der Waals surface area contributed by atoms with E-state index in [9.17, 15) is 0 Å². The Kier molecular flexibility index (Phi) is 10.7. The first-order valence-electron chi connectivity index (χ1n) is 11.5. The van der Waals surface area contributed by atoms with Crippen LogP contribution in [0, 0.1) is 0 Å². The summed E-state index contributed by atoms with van der Waals surface area (Å²) >= 11 is 0. The number of rotatable bonds is 8. The zero-order valence-electron chi connectivity index (χ0n) is 20.0. The summed E-state index contributed by atoms with van der Waals surface area (Å²) in [5.74, 6) is 1.90. The molecular formula is C25H39IN6. The third-order valence-corrected chi connectivity index (χ3v) is 6.65. The molecule has 6 nitrogen and oxygen atoms in total. The van der Waals surface area contributed by atoms with Crippen LogP contribution in [0.2, 0.25) is 0 Å². The van der Waals surface area contributed by atoms with Crippen LogP contribution in [-0.4, -0.2) is 62.7 Å². The monoisotopic (exact) mass is 550 g/mol. The van der Waals surface area contributed by atoms with Gasteiger partial charge in [0.15, 0.2) is 5.96 Å². The number of nitrogens with one attached hydrogen (secondary N) is 2. The Morgan fingerprint density at radius 1 is 1.03 bits per heavy atom. The van der Waals surface area contributed by atoms with Gasteiger partial charge in [-0.05, 0) is 43.1 Å². The highest BCUT2D eigenvalue weighted by molar-refractivity contribution is 14.0. The number of likely N-dealkylation sites (N-methyl/N-ethyl adjacent to an activating group) is 1. The fourth-order valence-electron chi connectivity index (χ4n) is 4.24. The number of hydrogen-bond acceptors (Lipinski definition) is 4. The molecule has 0 spiro atoms. The van der Waals surface area contributed by atoms with Crippen LogP contribution in [0.25, 0.3) is 0 Å². The van der Waals surface area contributed by atoms with Crippen LogP contribution in [-0.2, 0) is 12.0 Å². The molecule has 1 aliphatic heterocycles. The molecule has 1 aromatic heterocycles. The second-order valence-electron chi connectivity index (χ2n) is 8.45. The van der Waals surface area contributed by atoms with E-state index in [0.717, 1.165) is 63.9 Å². The van der Waals surface area contributed by atoms with Gasteiger partial charge in [0, 0.05) is 57.9 Å². The quantitative estimate of drug-likeness (QED) is 0.297. The summed E-state index contributed by atoms with van der Waals surface area (Å²) in [5, 5.41) is 7.05. The summed E-state index contributed by atoms with van der Waals surface area (Å²) in [7, 11) is 4.01. The van der Waals surface area contributed by atoms with E-state index in [0.29, 0.717) is 0 Å². The lowest BCUT2D eigenvalue weighted by molar-refractivity contribution is 0.312. The molecule has 0 amide bonds. The Labute approximate surface area is 210 Å². The number of hydrogen-bond donors (Lipinski definition) is 2. The van der Waals surface area contributed by atoms with Crippen molar-refractivity contribution in [3.8, 4) is 0 Å². The van der Waals surface area contributed by atoms with Crippen LogP contribution in [0.15, 0.2) is 53.7 Å². The van der Waals surface area contributed by atoms with Gasteiger partial charge in [-0.2, -0.15) is 0 Å². The summed E-state index contributed by atoms with van der Waals surface area (Å²) < 4.78 is 0. The van der Waals surface area contributed by atoms with E-state index >= 15 is 0 Å². The fraction of sp³-hybridized carbons (Fsp3) is 0.520. The molecule has 0 saturated carbocycles. The second kappa shape index (κ2) is 13.0. The topological polar surface area (TPSA) is 55.8 Å². The molecule has 0 radical (unpaired) electrons. The largest absolute Gasteiger partial charge is 0.356 e. The van der Waals surface area contributed by atoms with E-state index in [4.69, 9.17) is 0 Å². The van der Waals surface area contributed by atoms with Gasteiger partial charge in [0.1, 0.15) is 5.82 Å². The third-order valence-electron chi connectivity index (χ3n) is 6.65. The normalized spacial score (nSPS) is 15.2. The van der Waals surface area contributed by atoms with Crippen molar-refractivity contribution in [1.29, 1.82) is 0 Å². The molecule has 32 heavy (non-hydrogen) atoms. The SMILES string of the molecule is CCC(CC)(CNC(=NC)NCc1ccnc(N2CCN(C)CC2)c1)c1ccccc1.I. The van der Waals surface area contributed by atoms with E-state index in [-0.39, 0.29) is 29.4 Å². The smallest absolute Gasteiger partial charge is 0.191 e. The predicted molar refractivity (Wildman–Crippen MR) is 146 cm³/mol. The van der Waals surface area contributed by atoms with Gasteiger partial charge in [-0.3, -0.25) is 4.99 Å². The number of nitrogens with zero attached hydrogens (tertiary/aromatic N) is 4. The van der Waals surface area contributed by atoms with E-state index in [1.54, 1.807) is 0 Å². The Hall–Kier alpha value is -1.87.